The number of fused-ring (bicyclic) bond motifs is 1. The Hall–Kier alpha value is -3.25. The Morgan fingerprint density at radius 3 is 2.47 bits per heavy atom. The van der Waals surface area contributed by atoms with Gasteiger partial charge in [0.2, 0.25) is 0 Å². The van der Waals surface area contributed by atoms with Crippen molar-refractivity contribution in [2.75, 3.05) is 5.32 Å². The molecule has 152 valence electrons. The topological polar surface area (TPSA) is 72.2 Å². The van der Waals surface area contributed by atoms with E-state index < -0.39 is 0 Å². The van der Waals surface area contributed by atoms with Gasteiger partial charge < -0.3 is 5.32 Å². The average molecular weight is 420 g/mol. The first-order valence-corrected chi connectivity index (χ1v) is 10.2. The Balaban J connectivity index is 1.77. The van der Waals surface area contributed by atoms with E-state index in [2.05, 4.69) is 15.5 Å². The van der Waals surface area contributed by atoms with Gasteiger partial charge >= 0.3 is 0 Å². The molecule has 0 fully saturated rings. The third-order valence-electron chi connectivity index (χ3n) is 5.15. The highest BCUT2D eigenvalue weighted by atomic mass is 35.5. The molecule has 7 heteroatoms. The van der Waals surface area contributed by atoms with Crippen LogP contribution in [0.2, 0.25) is 5.02 Å². The Bertz CT molecular complexity index is 1260. The SMILES string of the molecule is CCc1nn2c(C)c(C(=O)Nc3ccc(C)cc3C)nnc2c1-c1ccc(Cl)cc1. The van der Waals surface area contributed by atoms with Crippen LogP contribution in [-0.2, 0) is 6.42 Å². The first-order chi connectivity index (χ1) is 14.4. The molecule has 1 N–H and O–H groups in total. The lowest BCUT2D eigenvalue weighted by Crippen LogP contribution is -2.19. The van der Waals surface area contributed by atoms with Crippen LogP contribution in [0.25, 0.3) is 16.8 Å². The number of halogens is 1. The van der Waals surface area contributed by atoms with E-state index in [0.717, 1.165) is 40.1 Å². The highest BCUT2D eigenvalue weighted by molar-refractivity contribution is 6.30. The summed E-state index contributed by atoms with van der Waals surface area (Å²) in [5.41, 5.74) is 7.15. The van der Waals surface area contributed by atoms with Gasteiger partial charge in [-0.2, -0.15) is 5.10 Å². The van der Waals surface area contributed by atoms with Gasteiger partial charge in [0.05, 0.1) is 17.0 Å². The second-order valence-electron chi connectivity index (χ2n) is 7.32. The zero-order chi connectivity index (χ0) is 21.4. The van der Waals surface area contributed by atoms with Gasteiger partial charge in [-0.1, -0.05) is 48.4 Å². The van der Waals surface area contributed by atoms with E-state index in [-0.39, 0.29) is 11.6 Å². The Morgan fingerprint density at radius 1 is 1.07 bits per heavy atom. The summed E-state index contributed by atoms with van der Waals surface area (Å²) in [5.74, 6) is -0.310. The largest absolute Gasteiger partial charge is 0.320 e. The van der Waals surface area contributed by atoms with Crippen LogP contribution in [0.3, 0.4) is 0 Å². The summed E-state index contributed by atoms with van der Waals surface area (Å²) in [4.78, 5) is 12.9. The van der Waals surface area contributed by atoms with Gasteiger partial charge in [-0.05, 0) is 56.5 Å². The number of rotatable bonds is 4. The number of hydrogen-bond acceptors (Lipinski definition) is 4. The lowest BCUT2D eigenvalue weighted by atomic mass is 10.0. The fourth-order valence-corrected chi connectivity index (χ4v) is 3.68. The standard InChI is InChI=1S/C23H22ClN5O/c1-5-18-20(16-7-9-17(24)10-8-16)22-27-26-21(15(4)29(22)28-18)23(30)25-19-11-6-13(2)12-14(19)3/h6-12H,5H2,1-4H3,(H,25,30). The van der Waals surface area contributed by atoms with Gasteiger partial charge in [0.15, 0.2) is 11.3 Å². The van der Waals surface area contributed by atoms with Crippen molar-refractivity contribution >= 4 is 28.8 Å². The fourth-order valence-electron chi connectivity index (χ4n) is 3.55. The predicted molar refractivity (Wildman–Crippen MR) is 119 cm³/mol. The highest BCUT2D eigenvalue weighted by Gasteiger charge is 2.21. The number of anilines is 1. The van der Waals surface area contributed by atoms with Crippen molar-refractivity contribution in [2.24, 2.45) is 0 Å². The number of nitrogens with one attached hydrogen (secondary N) is 1. The Labute approximate surface area is 179 Å². The third-order valence-corrected chi connectivity index (χ3v) is 5.40. The number of amides is 1. The number of aryl methyl sites for hydroxylation is 4. The normalized spacial score (nSPS) is 11.1. The van der Waals surface area contributed by atoms with Gasteiger partial charge in [-0.25, -0.2) is 4.52 Å². The van der Waals surface area contributed by atoms with E-state index in [4.69, 9.17) is 16.7 Å². The van der Waals surface area contributed by atoms with Crippen LogP contribution in [0.5, 0.6) is 0 Å². The lowest BCUT2D eigenvalue weighted by molar-refractivity contribution is 0.102. The molecule has 1 amide bonds. The number of nitrogens with zero attached hydrogens (tertiary/aromatic N) is 4. The zero-order valence-electron chi connectivity index (χ0n) is 17.3. The first kappa shape index (κ1) is 20.0. The molecular weight excluding hydrogens is 398 g/mol. The van der Waals surface area contributed by atoms with E-state index in [1.165, 1.54) is 0 Å². The molecule has 2 heterocycles. The molecule has 0 atom stereocenters. The molecule has 0 aliphatic carbocycles. The van der Waals surface area contributed by atoms with Crippen molar-refractivity contribution in [3.8, 4) is 11.1 Å². The average Bonchev–Trinajstić information content (AvgIpc) is 3.10. The number of carbonyl (C=O) groups excluding carboxylic acids is 1. The van der Waals surface area contributed by atoms with E-state index in [9.17, 15) is 4.79 Å². The summed E-state index contributed by atoms with van der Waals surface area (Å²) < 4.78 is 1.70. The number of aromatic nitrogens is 4. The van der Waals surface area contributed by atoms with Crippen molar-refractivity contribution in [3.05, 3.63) is 75.7 Å². The molecule has 0 bridgehead atoms. The van der Waals surface area contributed by atoms with E-state index in [1.54, 1.807) is 4.52 Å². The molecule has 6 nitrogen and oxygen atoms in total. The molecule has 0 saturated carbocycles. The molecule has 2 aromatic carbocycles. The Kier molecular flexibility index (Phi) is 5.26. The van der Waals surface area contributed by atoms with Crippen LogP contribution in [0.4, 0.5) is 5.69 Å². The molecule has 4 aromatic rings. The van der Waals surface area contributed by atoms with Gasteiger partial charge in [-0.3, -0.25) is 4.79 Å². The zero-order valence-corrected chi connectivity index (χ0v) is 18.1. The minimum absolute atomic E-state index is 0.246. The molecule has 0 saturated heterocycles. The smallest absolute Gasteiger partial charge is 0.278 e. The minimum Gasteiger partial charge on any atom is -0.320 e. The second kappa shape index (κ2) is 7.88. The summed E-state index contributed by atoms with van der Waals surface area (Å²) in [7, 11) is 0. The lowest BCUT2D eigenvalue weighted by Gasteiger charge is -2.10. The maximum absolute atomic E-state index is 12.9. The van der Waals surface area contributed by atoms with Crippen molar-refractivity contribution < 1.29 is 4.79 Å². The number of carbonyl (C=O) groups is 1. The molecule has 0 radical (unpaired) electrons. The van der Waals surface area contributed by atoms with Gasteiger partial charge in [0, 0.05) is 10.7 Å². The maximum atomic E-state index is 12.9. The highest BCUT2D eigenvalue weighted by Crippen LogP contribution is 2.29. The monoisotopic (exact) mass is 419 g/mol. The first-order valence-electron chi connectivity index (χ1n) is 9.78. The van der Waals surface area contributed by atoms with E-state index in [1.807, 2.05) is 70.2 Å². The van der Waals surface area contributed by atoms with Gasteiger partial charge in [-0.15, -0.1) is 10.2 Å². The van der Waals surface area contributed by atoms with Crippen LogP contribution >= 0.6 is 11.6 Å². The summed E-state index contributed by atoms with van der Waals surface area (Å²) in [6, 6.07) is 13.4. The van der Waals surface area contributed by atoms with Crippen molar-refractivity contribution in [1.29, 1.82) is 0 Å². The molecule has 0 aliphatic rings. The quantitative estimate of drug-likeness (QED) is 0.494. The second-order valence-corrected chi connectivity index (χ2v) is 7.76. The van der Waals surface area contributed by atoms with Crippen LogP contribution in [0.15, 0.2) is 42.5 Å². The van der Waals surface area contributed by atoms with Crippen molar-refractivity contribution in [1.82, 2.24) is 19.8 Å². The summed E-state index contributed by atoms with van der Waals surface area (Å²) >= 11 is 6.04. The molecule has 30 heavy (non-hydrogen) atoms. The van der Waals surface area contributed by atoms with Crippen LogP contribution in [0.1, 0.15) is 39.9 Å². The molecular formula is C23H22ClN5O. The number of benzene rings is 2. The molecule has 0 aliphatic heterocycles. The van der Waals surface area contributed by atoms with Gasteiger partial charge in [0.25, 0.3) is 5.91 Å². The molecule has 4 rings (SSSR count). The van der Waals surface area contributed by atoms with Crippen LogP contribution in [-0.4, -0.2) is 25.7 Å². The fraction of sp³-hybridized carbons (Fsp3) is 0.217. The van der Waals surface area contributed by atoms with Crippen LogP contribution < -0.4 is 5.32 Å². The molecule has 0 unspecified atom stereocenters. The predicted octanol–water partition coefficient (Wildman–Crippen LogP) is 5.18. The van der Waals surface area contributed by atoms with Gasteiger partial charge in [0.1, 0.15) is 0 Å². The maximum Gasteiger partial charge on any atom is 0.278 e. The van der Waals surface area contributed by atoms with E-state index >= 15 is 0 Å². The van der Waals surface area contributed by atoms with Crippen molar-refractivity contribution in [3.63, 3.8) is 0 Å². The van der Waals surface area contributed by atoms with Crippen LogP contribution in [0, 0.1) is 20.8 Å². The summed E-state index contributed by atoms with van der Waals surface area (Å²) in [6.45, 7) is 7.85. The summed E-state index contributed by atoms with van der Waals surface area (Å²) in [6.07, 6.45) is 0.727. The number of hydrogen-bond donors (Lipinski definition) is 1. The molecule has 0 spiro atoms. The van der Waals surface area contributed by atoms with Crippen molar-refractivity contribution in [2.45, 2.75) is 34.1 Å². The molecule has 2 aromatic heterocycles. The summed E-state index contributed by atoms with van der Waals surface area (Å²) in [5, 5.41) is 16.9. The minimum atomic E-state index is -0.310. The third kappa shape index (κ3) is 3.55. The Morgan fingerprint density at radius 2 is 1.80 bits per heavy atom. The van der Waals surface area contributed by atoms with E-state index in [0.29, 0.717) is 16.4 Å².